The van der Waals surface area contributed by atoms with E-state index in [2.05, 4.69) is 30.3 Å². The van der Waals surface area contributed by atoms with Crippen LogP contribution in [0.1, 0.15) is 16.1 Å². The van der Waals surface area contributed by atoms with E-state index in [1.807, 2.05) is 24.3 Å². The van der Waals surface area contributed by atoms with E-state index >= 15 is 0 Å². The van der Waals surface area contributed by atoms with Gasteiger partial charge in [0.1, 0.15) is 10.8 Å². The second-order valence-corrected chi connectivity index (χ2v) is 7.08. The first-order valence-electron chi connectivity index (χ1n) is 8.86. The Kier molecular flexibility index (Phi) is 5.22. The molecule has 0 saturated carbocycles. The highest BCUT2D eigenvalue weighted by Crippen LogP contribution is 2.29. The van der Waals surface area contributed by atoms with Crippen LogP contribution in [0.2, 0.25) is 0 Å². The number of hydrogen-bond acceptors (Lipinski definition) is 7. The topological polar surface area (TPSA) is 129 Å². The van der Waals surface area contributed by atoms with Gasteiger partial charge in [0.2, 0.25) is 0 Å². The van der Waals surface area contributed by atoms with Gasteiger partial charge < -0.3 is 15.7 Å². The Morgan fingerprint density at radius 3 is 2.50 bits per heavy atom. The van der Waals surface area contributed by atoms with Crippen LogP contribution in [-0.2, 0) is 0 Å². The molecule has 0 unspecified atom stereocenters. The van der Waals surface area contributed by atoms with Crippen molar-refractivity contribution in [3.8, 4) is 0 Å². The highest BCUT2D eigenvalue weighted by Gasteiger charge is 2.19. The van der Waals surface area contributed by atoms with Crippen molar-refractivity contribution in [2.75, 3.05) is 16.0 Å². The lowest BCUT2D eigenvalue weighted by atomic mass is 10.2. The number of rotatable bonds is 5. The summed E-state index contributed by atoms with van der Waals surface area (Å²) in [5, 5.41) is 17.5. The molecule has 4 rings (SSSR count). The van der Waals surface area contributed by atoms with Crippen LogP contribution in [0.4, 0.5) is 27.0 Å². The smallest absolute Gasteiger partial charge is 0.409 e. The molecule has 2 amide bonds. The lowest BCUT2D eigenvalue weighted by Crippen LogP contribution is -2.14. The average Bonchev–Trinajstić information content (AvgIpc) is 3.07. The van der Waals surface area contributed by atoms with Crippen molar-refractivity contribution in [1.82, 2.24) is 14.3 Å². The molecular weight excluding hydrogens is 404 g/mol. The lowest BCUT2D eigenvalue weighted by Gasteiger charge is -2.09. The Morgan fingerprint density at radius 1 is 1.00 bits per heavy atom. The van der Waals surface area contributed by atoms with Gasteiger partial charge in [-0.05, 0) is 48.8 Å². The van der Waals surface area contributed by atoms with Gasteiger partial charge in [0.15, 0.2) is 0 Å². The maximum Gasteiger partial charge on any atom is 0.409 e. The number of anilines is 4. The maximum absolute atomic E-state index is 12.9. The molecule has 4 N–H and O–H groups in total. The van der Waals surface area contributed by atoms with Gasteiger partial charge >= 0.3 is 6.09 Å². The first-order valence-corrected chi connectivity index (χ1v) is 9.63. The summed E-state index contributed by atoms with van der Waals surface area (Å²) < 4.78 is 4.27. The molecule has 10 heteroatoms. The van der Waals surface area contributed by atoms with Crippen molar-refractivity contribution in [1.29, 1.82) is 0 Å². The second-order valence-electron chi connectivity index (χ2n) is 6.31. The zero-order chi connectivity index (χ0) is 21.1. The van der Waals surface area contributed by atoms with E-state index in [9.17, 15) is 9.59 Å². The molecule has 0 bridgehead atoms. The molecule has 0 aliphatic rings. The van der Waals surface area contributed by atoms with Crippen LogP contribution < -0.4 is 16.0 Å². The average molecular weight is 420 g/mol. The molecule has 2 aromatic heterocycles. The molecule has 2 aromatic carbocycles. The predicted molar refractivity (Wildman–Crippen MR) is 116 cm³/mol. The van der Waals surface area contributed by atoms with Gasteiger partial charge in [0, 0.05) is 11.4 Å². The minimum atomic E-state index is -1.18. The minimum Gasteiger partial charge on any atom is -0.465 e. The quantitative estimate of drug-likeness (QED) is 0.374. The van der Waals surface area contributed by atoms with Crippen molar-refractivity contribution >= 4 is 56.8 Å². The Bertz CT molecular complexity index is 1260. The van der Waals surface area contributed by atoms with E-state index in [4.69, 9.17) is 5.11 Å². The summed E-state index contributed by atoms with van der Waals surface area (Å²) in [6.45, 7) is 1.74. The zero-order valence-electron chi connectivity index (χ0n) is 15.7. The van der Waals surface area contributed by atoms with Crippen LogP contribution in [0.5, 0.6) is 0 Å². The minimum absolute atomic E-state index is 0.352. The van der Waals surface area contributed by atoms with Crippen LogP contribution in [0.15, 0.2) is 54.7 Å². The number of carbonyl (C=O) groups excluding carboxylic acids is 1. The summed E-state index contributed by atoms with van der Waals surface area (Å²) in [5.41, 5.74) is 3.26. The molecule has 0 atom stereocenters. The first kappa shape index (κ1) is 19.3. The summed E-state index contributed by atoms with van der Waals surface area (Å²) in [5.74, 6) is 0.129. The van der Waals surface area contributed by atoms with Gasteiger partial charge in [-0.15, -0.1) is 0 Å². The molecule has 30 heavy (non-hydrogen) atoms. The highest BCUT2D eigenvalue weighted by atomic mass is 32.1. The zero-order valence-corrected chi connectivity index (χ0v) is 16.5. The number of nitrogens with zero attached hydrogens (tertiary/aromatic N) is 3. The Morgan fingerprint density at radius 2 is 1.73 bits per heavy atom. The fourth-order valence-electron chi connectivity index (χ4n) is 2.85. The van der Waals surface area contributed by atoms with Crippen LogP contribution in [0, 0.1) is 6.92 Å². The van der Waals surface area contributed by atoms with Crippen molar-refractivity contribution < 1.29 is 14.7 Å². The lowest BCUT2D eigenvalue weighted by molar-refractivity contribution is 0.102. The van der Waals surface area contributed by atoms with Crippen LogP contribution in [0.25, 0.3) is 11.0 Å². The molecular formula is C20H16N6O3S. The molecule has 150 valence electrons. The maximum atomic E-state index is 12.9. The summed E-state index contributed by atoms with van der Waals surface area (Å²) >= 11 is 1.15. The number of aryl methyl sites for hydroxylation is 1. The van der Waals surface area contributed by atoms with Gasteiger partial charge in [-0.1, -0.05) is 18.2 Å². The Labute approximate surface area is 175 Å². The number of fused-ring (bicyclic) bond motifs is 1. The van der Waals surface area contributed by atoms with Gasteiger partial charge in [0.25, 0.3) is 5.91 Å². The normalized spacial score (nSPS) is 10.6. The summed E-state index contributed by atoms with van der Waals surface area (Å²) in [4.78, 5) is 32.6. The number of carboxylic acid groups (broad SMARTS) is 1. The number of amides is 2. The van der Waals surface area contributed by atoms with Crippen LogP contribution in [0.3, 0.4) is 0 Å². The number of aromatic nitrogens is 3. The first-order chi connectivity index (χ1) is 14.5. The van der Waals surface area contributed by atoms with E-state index in [1.165, 1.54) is 6.07 Å². The van der Waals surface area contributed by atoms with E-state index < -0.39 is 6.09 Å². The highest BCUT2D eigenvalue weighted by molar-refractivity contribution is 7.10. The molecule has 0 radical (unpaired) electrons. The van der Waals surface area contributed by atoms with Gasteiger partial charge in [-0.25, -0.2) is 9.78 Å². The third-order valence-electron chi connectivity index (χ3n) is 4.15. The van der Waals surface area contributed by atoms with E-state index in [1.54, 1.807) is 31.3 Å². The third-order valence-corrected chi connectivity index (χ3v) is 5.01. The Hall–Kier alpha value is -4.05. The number of nitrogens with one attached hydrogen (secondary N) is 3. The molecule has 0 aliphatic heterocycles. The van der Waals surface area contributed by atoms with Crippen LogP contribution in [-0.4, -0.2) is 31.4 Å². The van der Waals surface area contributed by atoms with Gasteiger partial charge in [-0.3, -0.25) is 15.1 Å². The Balaban J connectivity index is 1.57. The number of hydrogen-bond donors (Lipinski definition) is 4. The molecule has 4 aromatic rings. The molecule has 9 nitrogen and oxygen atoms in total. The number of benzene rings is 2. The second kappa shape index (κ2) is 8.13. The summed E-state index contributed by atoms with van der Waals surface area (Å²) in [6.07, 6.45) is 0.416. The molecule has 0 aliphatic carbocycles. The SMILES string of the molecule is Cc1nsc(Nc2cnc3ccccc3n2)c1C(=O)Nc1cccc(NC(=O)O)c1. The predicted octanol–water partition coefficient (Wildman–Crippen LogP) is 4.48. The fraction of sp³-hybridized carbons (Fsp3) is 0.0500. The van der Waals surface area contributed by atoms with Crippen LogP contribution >= 0.6 is 11.5 Å². The molecule has 0 saturated heterocycles. The monoisotopic (exact) mass is 420 g/mol. The van der Waals surface area contributed by atoms with E-state index in [0.29, 0.717) is 33.5 Å². The number of para-hydroxylation sites is 2. The largest absolute Gasteiger partial charge is 0.465 e. The van der Waals surface area contributed by atoms with Crippen molar-refractivity contribution in [3.05, 3.63) is 66.0 Å². The standard InChI is InChI=1S/C20H16N6O3S/c1-11-17(18(27)22-12-5-4-6-13(9-12)23-20(28)29)19(30-26-11)25-16-10-21-14-7-2-3-8-15(14)24-16/h2-10,23H,1H3,(H,22,27)(H,24,25)(H,28,29). The van der Waals surface area contributed by atoms with Crippen molar-refractivity contribution in [2.45, 2.75) is 6.92 Å². The molecule has 0 fully saturated rings. The van der Waals surface area contributed by atoms with Crippen molar-refractivity contribution in [3.63, 3.8) is 0 Å². The number of carbonyl (C=O) groups is 2. The fourth-order valence-corrected chi connectivity index (χ4v) is 3.65. The third kappa shape index (κ3) is 4.18. The summed E-state index contributed by atoms with van der Waals surface area (Å²) in [6, 6.07) is 13.9. The summed E-state index contributed by atoms with van der Waals surface area (Å²) in [7, 11) is 0. The van der Waals surface area contributed by atoms with Gasteiger partial charge in [-0.2, -0.15) is 4.37 Å². The van der Waals surface area contributed by atoms with E-state index in [0.717, 1.165) is 22.6 Å². The molecule has 2 heterocycles. The van der Waals surface area contributed by atoms with Crippen molar-refractivity contribution in [2.24, 2.45) is 0 Å². The van der Waals surface area contributed by atoms with Gasteiger partial charge in [0.05, 0.1) is 28.5 Å². The molecule has 0 spiro atoms. The van der Waals surface area contributed by atoms with E-state index in [-0.39, 0.29) is 5.91 Å².